The van der Waals surface area contributed by atoms with E-state index in [2.05, 4.69) is 53.9 Å². The molecule has 1 aromatic heterocycles. The van der Waals surface area contributed by atoms with Crippen LogP contribution in [-0.2, 0) is 19.5 Å². The normalized spacial score (nSPS) is 16.8. The van der Waals surface area contributed by atoms with E-state index in [4.69, 9.17) is 10.8 Å². The number of aryl methyl sites for hydroxylation is 1. The molecule has 1 aliphatic heterocycles. The summed E-state index contributed by atoms with van der Waals surface area (Å²) in [4.78, 5) is 2.42. The van der Waals surface area contributed by atoms with Crippen molar-refractivity contribution in [3.63, 3.8) is 0 Å². The summed E-state index contributed by atoms with van der Waals surface area (Å²) in [5.74, 6) is 0.659. The van der Waals surface area contributed by atoms with Crippen molar-refractivity contribution in [3.05, 3.63) is 52.8 Å². The molecule has 4 nitrogen and oxygen atoms in total. The van der Waals surface area contributed by atoms with Gasteiger partial charge in [-0.2, -0.15) is 5.10 Å². The fraction of sp³-hybridized carbons (Fsp3) is 0.526. The van der Waals surface area contributed by atoms with Crippen LogP contribution in [0.15, 0.2) is 30.3 Å². The summed E-state index contributed by atoms with van der Waals surface area (Å²) < 4.78 is 2.21. The maximum atomic E-state index is 5.67. The van der Waals surface area contributed by atoms with Gasteiger partial charge in [0.15, 0.2) is 0 Å². The molecule has 1 saturated heterocycles. The van der Waals surface area contributed by atoms with Crippen molar-refractivity contribution in [2.75, 3.05) is 20.1 Å². The van der Waals surface area contributed by atoms with Crippen molar-refractivity contribution >= 4 is 0 Å². The number of hydrogen-bond acceptors (Lipinski definition) is 3. The molecule has 0 amide bonds. The minimum absolute atomic E-state index is 0.602. The molecule has 0 spiro atoms. The third kappa shape index (κ3) is 3.82. The molecule has 2 heterocycles. The van der Waals surface area contributed by atoms with Gasteiger partial charge in [-0.15, -0.1) is 0 Å². The summed E-state index contributed by atoms with van der Waals surface area (Å²) in [6.45, 7) is 6.12. The molecule has 23 heavy (non-hydrogen) atoms. The van der Waals surface area contributed by atoms with Crippen molar-refractivity contribution in [3.8, 4) is 0 Å². The lowest BCUT2D eigenvalue weighted by molar-refractivity contribution is 0.250. The summed E-state index contributed by atoms with van der Waals surface area (Å²) in [6.07, 6.45) is 3.39. The van der Waals surface area contributed by atoms with E-state index in [1.54, 1.807) is 0 Å². The molecule has 0 radical (unpaired) electrons. The quantitative estimate of drug-likeness (QED) is 0.923. The van der Waals surface area contributed by atoms with Gasteiger partial charge in [0, 0.05) is 31.1 Å². The fourth-order valence-corrected chi connectivity index (χ4v) is 3.46. The van der Waals surface area contributed by atoms with Crippen LogP contribution in [0.3, 0.4) is 0 Å². The van der Waals surface area contributed by atoms with Crippen LogP contribution < -0.4 is 5.73 Å². The first-order valence-corrected chi connectivity index (χ1v) is 8.72. The van der Waals surface area contributed by atoms with E-state index in [9.17, 15) is 0 Å². The summed E-state index contributed by atoms with van der Waals surface area (Å²) >= 11 is 0. The van der Waals surface area contributed by atoms with Crippen molar-refractivity contribution in [1.82, 2.24) is 14.7 Å². The number of benzene rings is 1. The molecule has 1 aliphatic rings. The Morgan fingerprint density at radius 3 is 2.39 bits per heavy atom. The molecule has 2 N–H and O–H groups in total. The van der Waals surface area contributed by atoms with Crippen LogP contribution in [0.4, 0.5) is 0 Å². The first-order chi connectivity index (χ1) is 11.2. The Labute approximate surface area is 139 Å². The van der Waals surface area contributed by atoms with E-state index in [0.717, 1.165) is 13.0 Å². The van der Waals surface area contributed by atoms with Gasteiger partial charge in [0.2, 0.25) is 0 Å². The maximum Gasteiger partial charge on any atom is 0.0671 e. The molecule has 4 heteroatoms. The minimum Gasteiger partial charge on any atom is -0.326 e. The molecule has 3 rings (SSSR count). The number of likely N-dealkylation sites (tertiary alicyclic amines) is 1. The largest absolute Gasteiger partial charge is 0.326 e. The van der Waals surface area contributed by atoms with Crippen LogP contribution in [0, 0.1) is 0 Å². The molecule has 1 fully saturated rings. The van der Waals surface area contributed by atoms with Crippen molar-refractivity contribution in [2.45, 2.75) is 45.2 Å². The number of piperidine rings is 1. The molecule has 0 aliphatic carbocycles. The van der Waals surface area contributed by atoms with Gasteiger partial charge < -0.3 is 10.6 Å². The van der Waals surface area contributed by atoms with Crippen LogP contribution in [0.5, 0.6) is 0 Å². The minimum atomic E-state index is 0.602. The van der Waals surface area contributed by atoms with Gasteiger partial charge in [-0.25, -0.2) is 0 Å². The lowest BCUT2D eigenvalue weighted by atomic mass is 9.93. The van der Waals surface area contributed by atoms with E-state index in [0.29, 0.717) is 12.5 Å². The molecule has 0 unspecified atom stereocenters. The highest BCUT2D eigenvalue weighted by molar-refractivity contribution is 5.27. The van der Waals surface area contributed by atoms with Crippen LogP contribution in [-0.4, -0.2) is 34.8 Å². The van der Waals surface area contributed by atoms with Gasteiger partial charge in [0.1, 0.15) is 0 Å². The Morgan fingerprint density at radius 2 is 1.78 bits per heavy atom. The topological polar surface area (TPSA) is 47.1 Å². The number of rotatable bonds is 5. The lowest BCUT2D eigenvalue weighted by Crippen LogP contribution is -2.30. The Bertz CT molecular complexity index is 621. The second kappa shape index (κ2) is 7.28. The van der Waals surface area contributed by atoms with Crippen molar-refractivity contribution in [1.29, 1.82) is 0 Å². The monoisotopic (exact) mass is 312 g/mol. The molecule has 124 valence electrons. The SMILES string of the molecule is CCn1nc(Cc2ccc(CN)cc2)cc1C1CCN(C)CC1. The maximum absolute atomic E-state index is 5.67. The van der Waals surface area contributed by atoms with Crippen LogP contribution in [0.2, 0.25) is 0 Å². The highest BCUT2D eigenvalue weighted by Crippen LogP contribution is 2.28. The van der Waals surface area contributed by atoms with Gasteiger partial charge in [0.25, 0.3) is 0 Å². The summed E-state index contributed by atoms with van der Waals surface area (Å²) in [7, 11) is 2.21. The van der Waals surface area contributed by atoms with Crippen LogP contribution in [0.25, 0.3) is 0 Å². The fourth-order valence-electron chi connectivity index (χ4n) is 3.46. The number of hydrogen-bond donors (Lipinski definition) is 1. The third-order valence-corrected chi connectivity index (χ3v) is 4.94. The van der Waals surface area contributed by atoms with E-state index < -0.39 is 0 Å². The molecular formula is C19H28N4. The number of nitrogens with zero attached hydrogens (tertiary/aromatic N) is 3. The molecule has 2 aromatic rings. The van der Waals surface area contributed by atoms with Crippen LogP contribution in [0.1, 0.15) is 48.2 Å². The van der Waals surface area contributed by atoms with Crippen LogP contribution >= 0.6 is 0 Å². The Balaban J connectivity index is 1.75. The molecule has 1 aromatic carbocycles. The van der Waals surface area contributed by atoms with Gasteiger partial charge >= 0.3 is 0 Å². The average Bonchev–Trinajstić information content (AvgIpc) is 2.99. The number of nitrogens with two attached hydrogens (primary N) is 1. The predicted molar refractivity (Wildman–Crippen MR) is 94.5 cm³/mol. The summed E-state index contributed by atoms with van der Waals surface area (Å²) in [5, 5.41) is 4.84. The first kappa shape index (κ1) is 16.2. The molecule has 0 saturated carbocycles. The molecule has 0 atom stereocenters. The smallest absolute Gasteiger partial charge is 0.0671 e. The Hall–Kier alpha value is -1.65. The van der Waals surface area contributed by atoms with E-state index in [1.165, 1.54) is 48.4 Å². The Morgan fingerprint density at radius 1 is 1.13 bits per heavy atom. The van der Waals surface area contributed by atoms with Gasteiger partial charge in [-0.3, -0.25) is 4.68 Å². The second-order valence-corrected chi connectivity index (χ2v) is 6.65. The van der Waals surface area contributed by atoms with E-state index >= 15 is 0 Å². The van der Waals surface area contributed by atoms with Gasteiger partial charge in [-0.05, 0) is 57.1 Å². The zero-order valence-electron chi connectivity index (χ0n) is 14.3. The van der Waals surface area contributed by atoms with E-state index in [1.807, 2.05) is 0 Å². The zero-order chi connectivity index (χ0) is 16.2. The zero-order valence-corrected chi connectivity index (χ0v) is 14.3. The van der Waals surface area contributed by atoms with Gasteiger partial charge in [0.05, 0.1) is 5.69 Å². The van der Waals surface area contributed by atoms with Crippen molar-refractivity contribution in [2.24, 2.45) is 5.73 Å². The van der Waals surface area contributed by atoms with E-state index in [-0.39, 0.29) is 0 Å². The highest BCUT2D eigenvalue weighted by Gasteiger charge is 2.22. The summed E-state index contributed by atoms with van der Waals surface area (Å²) in [6, 6.07) is 10.9. The highest BCUT2D eigenvalue weighted by atomic mass is 15.3. The molecular weight excluding hydrogens is 284 g/mol. The second-order valence-electron chi connectivity index (χ2n) is 6.65. The Kier molecular flexibility index (Phi) is 5.13. The average molecular weight is 312 g/mol. The molecule has 0 bridgehead atoms. The standard InChI is InChI=1S/C19H28N4/c1-3-23-19(17-8-10-22(2)11-9-17)13-18(21-23)12-15-4-6-16(14-20)7-5-15/h4-7,13,17H,3,8-12,14,20H2,1-2H3. The third-order valence-electron chi connectivity index (χ3n) is 4.94. The van der Waals surface area contributed by atoms with Crippen molar-refractivity contribution < 1.29 is 0 Å². The first-order valence-electron chi connectivity index (χ1n) is 8.72. The summed E-state index contributed by atoms with van der Waals surface area (Å²) in [5.41, 5.74) is 10.8. The predicted octanol–water partition coefficient (Wildman–Crippen LogP) is 2.76. The van der Waals surface area contributed by atoms with Gasteiger partial charge in [-0.1, -0.05) is 24.3 Å². The number of aromatic nitrogens is 2. The lowest BCUT2D eigenvalue weighted by Gasteiger charge is -2.29.